The van der Waals surface area contributed by atoms with Crippen molar-refractivity contribution >= 4 is 33.0 Å². The summed E-state index contributed by atoms with van der Waals surface area (Å²) in [5.74, 6) is 0.335. The molecule has 0 aliphatic heterocycles. The molecule has 16 heavy (non-hydrogen) atoms. The van der Waals surface area contributed by atoms with Gasteiger partial charge in [-0.25, -0.2) is 0 Å². The van der Waals surface area contributed by atoms with Crippen molar-refractivity contribution in [3.05, 3.63) is 20.8 Å². The lowest BCUT2D eigenvalue weighted by molar-refractivity contribution is -0.127. The fourth-order valence-electron chi connectivity index (χ4n) is 2.44. The molecule has 0 spiro atoms. The zero-order valence-electron chi connectivity index (χ0n) is 9.17. The average molecular weight is 302 g/mol. The van der Waals surface area contributed by atoms with Gasteiger partial charge in [-0.05, 0) is 34.8 Å². The van der Waals surface area contributed by atoms with Gasteiger partial charge in [-0.3, -0.25) is 4.79 Å². The summed E-state index contributed by atoms with van der Waals surface area (Å²) in [7, 11) is 0. The molecular formula is C12H16BrNOS. The molecule has 1 aliphatic carbocycles. The molecule has 0 radical (unpaired) electrons. The van der Waals surface area contributed by atoms with Gasteiger partial charge in [-0.2, -0.15) is 0 Å². The van der Waals surface area contributed by atoms with Crippen LogP contribution in [-0.4, -0.2) is 12.3 Å². The van der Waals surface area contributed by atoms with E-state index in [-0.39, 0.29) is 5.41 Å². The Morgan fingerprint density at radius 3 is 2.69 bits per heavy atom. The molecule has 0 aromatic carbocycles. The normalized spacial score (nSPS) is 18.9. The van der Waals surface area contributed by atoms with Crippen molar-refractivity contribution in [3.63, 3.8) is 0 Å². The summed E-state index contributed by atoms with van der Waals surface area (Å²) in [6, 6.07) is 2.03. The molecule has 0 unspecified atom stereocenters. The number of hydrogen-bond acceptors (Lipinski definition) is 3. The summed E-state index contributed by atoms with van der Waals surface area (Å²) in [4.78, 5) is 13.4. The Morgan fingerprint density at radius 2 is 2.19 bits per heavy atom. The van der Waals surface area contributed by atoms with Crippen molar-refractivity contribution in [3.8, 4) is 0 Å². The van der Waals surface area contributed by atoms with E-state index in [1.54, 1.807) is 11.3 Å². The van der Waals surface area contributed by atoms with E-state index in [4.69, 9.17) is 5.73 Å². The standard InChI is InChI=1S/C12H16BrNOS/c13-9-5-10(16-7-9)6-11(15)12(8-14)3-1-2-4-12/h5,7H,1-4,6,8,14H2. The van der Waals surface area contributed by atoms with Gasteiger partial charge in [0.05, 0.1) is 0 Å². The highest BCUT2D eigenvalue weighted by atomic mass is 79.9. The molecule has 1 fully saturated rings. The van der Waals surface area contributed by atoms with Gasteiger partial charge in [-0.15, -0.1) is 11.3 Å². The Hall–Kier alpha value is -0.190. The fourth-order valence-corrected chi connectivity index (χ4v) is 3.89. The van der Waals surface area contributed by atoms with E-state index >= 15 is 0 Å². The molecule has 0 saturated heterocycles. The Bertz CT molecular complexity index is 382. The smallest absolute Gasteiger partial charge is 0.145 e. The van der Waals surface area contributed by atoms with E-state index in [2.05, 4.69) is 15.9 Å². The maximum atomic E-state index is 12.3. The summed E-state index contributed by atoms with van der Waals surface area (Å²) >= 11 is 5.05. The number of Topliss-reactive ketones (excluding diaryl/α,β-unsaturated/α-hetero) is 1. The van der Waals surface area contributed by atoms with Crippen LogP contribution in [0.3, 0.4) is 0 Å². The van der Waals surface area contributed by atoms with Crippen molar-refractivity contribution in [1.29, 1.82) is 0 Å². The first kappa shape index (κ1) is 12.3. The molecule has 2 N–H and O–H groups in total. The minimum atomic E-state index is -0.212. The van der Waals surface area contributed by atoms with Crippen LogP contribution in [0.5, 0.6) is 0 Å². The number of carbonyl (C=O) groups is 1. The van der Waals surface area contributed by atoms with Crippen LogP contribution >= 0.6 is 27.3 Å². The summed E-state index contributed by atoms with van der Waals surface area (Å²) in [6.45, 7) is 0.512. The highest BCUT2D eigenvalue weighted by molar-refractivity contribution is 9.10. The molecule has 0 bridgehead atoms. The predicted octanol–water partition coefficient (Wildman–Crippen LogP) is 3.14. The topological polar surface area (TPSA) is 43.1 Å². The van der Waals surface area contributed by atoms with E-state index in [0.717, 1.165) is 35.0 Å². The van der Waals surface area contributed by atoms with E-state index < -0.39 is 0 Å². The van der Waals surface area contributed by atoms with Crippen LogP contribution in [-0.2, 0) is 11.2 Å². The van der Waals surface area contributed by atoms with Gasteiger partial charge in [0.15, 0.2) is 0 Å². The number of halogens is 1. The minimum Gasteiger partial charge on any atom is -0.329 e. The second-order valence-electron chi connectivity index (χ2n) is 4.52. The Labute approximate surface area is 108 Å². The van der Waals surface area contributed by atoms with Gasteiger partial charge < -0.3 is 5.73 Å². The van der Waals surface area contributed by atoms with Crippen molar-refractivity contribution in [2.75, 3.05) is 6.54 Å². The molecule has 2 nitrogen and oxygen atoms in total. The van der Waals surface area contributed by atoms with Crippen LogP contribution in [0.2, 0.25) is 0 Å². The van der Waals surface area contributed by atoms with Crippen LogP contribution in [0.1, 0.15) is 30.6 Å². The largest absolute Gasteiger partial charge is 0.329 e. The molecule has 1 aromatic rings. The van der Waals surface area contributed by atoms with Gasteiger partial charge in [0, 0.05) is 33.1 Å². The van der Waals surface area contributed by atoms with Gasteiger partial charge >= 0.3 is 0 Å². The zero-order chi connectivity index (χ0) is 11.6. The Balaban J connectivity index is 2.07. The molecule has 2 rings (SSSR count). The lowest BCUT2D eigenvalue weighted by atomic mass is 9.80. The lowest BCUT2D eigenvalue weighted by Crippen LogP contribution is -2.37. The number of rotatable bonds is 4. The summed E-state index contributed by atoms with van der Waals surface area (Å²) in [6.07, 6.45) is 4.81. The third kappa shape index (κ3) is 2.39. The average Bonchev–Trinajstić information content (AvgIpc) is 2.88. The van der Waals surface area contributed by atoms with Crippen LogP contribution < -0.4 is 5.73 Å². The van der Waals surface area contributed by atoms with Gasteiger partial charge in [0.1, 0.15) is 5.78 Å². The molecule has 1 aromatic heterocycles. The van der Waals surface area contributed by atoms with Crippen molar-refractivity contribution < 1.29 is 4.79 Å². The number of nitrogens with two attached hydrogens (primary N) is 1. The first-order valence-electron chi connectivity index (χ1n) is 5.62. The highest BCUT2D eigenvalue weighted by Crippen LogP contribution is 2.39. The Morgan fingerprint density at radius 1 is 1.50 bits per heavy atom. The SMILES string of the molecule is NCC1(C(=O)Cc2cc(Br)cs2)CCCC1. The fraction of sp³-hybridized carbons (Fsp3) is 0.583. The maximum Gasteiger partial charge on any atom is 0.145 e. The van der Waals surface area contributed by atoms with Gasteiger partial charge in [-0.1, -0.05) is 12.8 Å². The zero-order valence-corrected chi connectivity index (χ0v) is 11.6. The summed E-state index contributed by atoms with van der Waals surface area (Å²) < 4.78 is 1.06. The van der Waals surface area contributed by atoms with Crippen LogP contribution in [0.25, 0.3) is 0 Å². The lowest BCUT2D eigenvalue weighted by Gasteiger charge is -2.25. The first-order chi connectivity index (χ1) is 7.66. The molecule has 1 heterocycles. The van der Waals surface area contributed by atoms with E-state index in [9.17, 15) is 4.79 Å². The maximum absolute atomic E-state index is 12.3. The molecular weight excluding hydrogens is 286 g/mol. The summed E-state index contributed by atoms with van der Waals surface area (Å²) in [5.41, 5.74) is 5.59. The number of ketones is 1. The Kier molecular flexibility index (Phi) is 3.82. The number of thiophene rings is 1. The quantitative estimate of drug-likeness (QED) is 0.928. The van der Waals surface area contributed by atoms with Crippen LogP contribution in [0.15, 0.2) is 15.9 Å². The molecule has 1 saturated carbocycles. The van der Waals surface area contributed by atoms with Crippen molar-refractivity contribution in [2.24, 2.45) is 11.1 Å². The number of carbonyl (C=O) groups excluding carboxylic acids is 1. The van der Waals surface area contributed by atoms with E-state index in [0.29, 0.717) is 18.7 Å². The van der Waals surface area contributed by atoms with Gasteiger partial charge in [0.2, 0.25) is 0 Å². The second-order valence-corrected chi connectivity index (χ2v) is 6.43. The third-order valence-electron chi connectivity index (χ3n) is 3.50. The first-order valence-corrected chi connectivity index (χ1v) is 7.30. The van der Waals surface area contributed by atoms with Crippen molar-refractivity contribution in [2.45, 2.75) is 32.1 Å². The van der Waals surface area contributed by atoms with Crippen LogP contribution in [0, 0.1) is 5.41 Å². The minimum absolute atomic E-state index is 0.212. The molecule has 88 valence electrons. The van der Waals surface area contributed by atoms with Crippen LogP contribution in [0.4, 0.5) is 0 Å². The summed E-state index contributed by atoms with van der Waals surface area (Å²) in [5, 5.41) is 2.02. The second kappa shape index (κ2) is 4.98. The predicted molar refractivity (Wildman–Crippen MR) is 70.7 cm³/mol. The molecule has 0 amide bonds. The van der Waals surface area contributed by atoms with E-state index in [1.165, 1.54) is 0 Å². The van der Waals surface area contributed by atoms with Crippen molar-refractivity contribution in [1.82, 2.24) is 0 Å². The van der Waals surface area contributed by atoms with E-state index in [1.807, 2.05) is 11.4 Å². The molecule has 0 atom stereocenters. The molecule has 4 heteroatoms. The monoisotopic (exact) mass is 301 g/mol. The number of hydrogen-bond donors (Lipinski definition) is 1. The third-order valence-corrected chi connectivity index (χ3v) is 5.20. The molecule has 1 aliphatic rings. The van der Waals surface area contributed by atoms with Gasteiger partial charge in [0.25, 0.3) is 0 Å². The highest BCUT2D eigenvalue weighted by Gasteiger charge is 2.39.